The van der Waals surface area contributed by atoms with Gasteiger partial charge in [-0.1, -0.05) is 12.8 Å². The number of benzene rings is 1. The molecule has 0 saturated heterocycles. The molecule has 2 rings (SSSR count). The Morgan fingerprint density at radius 1 is 1.28 bits per heavy atom. The third-order valence-electron chi connectivity index (χ3n) is 3.32. The predicted octanol–water partition coefficient (Wildman–Crippen LogP) is 3.15. The number of carbonyl (C=O) groups excluding carboxylic acids is 1. The van der Waals surface area contributed by atoms with Crippen molar-refractivity contribution < 1.29 is 4.79 Å². The van der Waals surface area contributed by atoms with Crippen molar-refractivity contribution in [1.29, 1.82) is 0 Å². The maximum Gasteiger partial charge on any atom is 0.242 e. The second-order valence-electron chi connectivity index (χ2n) is 4.86. The highest BCUT2D eigenvalue weighted by Gasteiger charge is 2.20. The molecule has 1 aromatic carbocycles. The van der Waals surface area contributed by atoms with Crippen LogP contribution in [0.15, 0.2) is 24.3 Å². The maximum atomic E-state index is 12.0. The number of halogens is 1. The summed E-state index contributed by atoms with van der Waals surface area (Å²) in [6.45, 7) is 1.91. The topological polar surface area (TPSA) is 41.1 Å². The second-order valence-corrected chi connectivity index (χ2v) is 6.11. The lowest BCUT2D eigenvalue weighted by atomic mass is 10.2. The van der Waals surface area contributed by atoms with Gasteiger partial charge in [0.25, 0.3) is 0 Å². The molecule has 1 aliphatic carbocycles. The molecular formula is C14H19IN2O. The average Bonchev–Trinajstić information content (AvgIpc) is 2.85. The highest BCUT2D eigenvalue weighted by atomic mass is 127. The van der Waals surface area contributed by atoms with Gasteiger partial charge in [-0.3, -0.25) is 4.79 Å². The number of hydrogen-bond donors (Lipinski definition) is 2. The van der Waals surface area contributed by atoms with Crippen LogP contribution < -0.4 is 10.6 Å². The minimum atomic E-state index is -0.189. The van der Waals surface area contributed by atoms with Crippen LogP contribution in [-0.2, 0) is 4.79 Å². The van der Waals surface area contributed by atoms with Gasteiger partial charge in [-0.2, -0.15) is 0 Å². The lowest BCUT2D eigenvalue weighted by Gasteiger charge is -2.18. The molecule has 3 nitrogen and oxygen atoms in total. The van der Waals surface area contributed by atoms with Crippen molar-refractivity contribution in [3.8, 4) is 0 Å². The van der Waals surface area contributed by atoms with Gasteiger partial charge < -0.3 is 10.6 Å². The molecule has 1 aliphatic rings. The standard InChI is InChI=1S/C14H19IN2O/c1-10(14(18)17-12-4-2-3-5-12)16-13-8-6-11(15)7-9-13/h6-10,12,16H,2-5H2,1H3,(H,17,18)/t10-/m1/s1. The second kappa shape index (κ2) is 6.41. The number of rotatable bonds is 4. The first-order valence-electron chi connectivity index (χ1n) is 6.47. The predicted molar refractivity (Wildman–Crippen MR) is 82.6 cm³/mol. The Morgan fingerprint density at radius 2 is 1.89 bits per heavy atom. The third-order valence-corrected chi connectivity index (χ3v) is 4.04. The zero-order valence-corrected chi connectivity index (χ0v) is 12.7. The van der Waals surface area contributed by atoms with Crippen molar-refractivity contribution in [3.05, 3.63) is 27.8 Å². The van der Waals surface area contributed by atoms with E-state index in [1.54, 1.807) is 0 Å². The van der Waals surface area contributed by atoms with Gasteiger partial charge in [0, 0.05) is 15.3 Å². The van der Waals surface area contributed by atoms with Crippen molar-refractivity contribution >= 4 is 34.2 Å². The van der Waals surface area contributed by atoms with Crippen molar-refractivity contribution in [3.63, 3.8) is 0 Å². The molecule has 4 heteroatoms. The van der Waals surface area contributed by atoms with Gasteiger partial charge in [0.15, 0.2) is 0 Å². The zero-order chi connectivity index (χ0) is 13.0. The molecule has 2 N–H and O–H groups in total. The van der Waals surface area contributed by atoms with Crippen LogP contribution in [0.5, 0.6) is 0 Å². The van der Waals surface area contributed by atoms with E-state index < -0.39 is 0 Å². The Morgan fingerprint density at radius 3 is 2.50 bits per heavy atom. The minimum absolute atomic E-state index is 0.0976. The summed E-state index contributed by atoms with van der Waals surface area (Å²) in [6.07, 6.45) is 4.73. The number of nitrogens with one attached hydrogen (secondary N) is 2. The lowest BCUT2D eigenvalue weighted by molar-refractivity contribution is -0.122. The van der Waals surface area contributed by atoms with E-state index >= 15 is 0 Å². The van der Waals surface area contributed by atoms with E-state index in [4.69, 9.17) is 0 Å². The van der Waals surface area contributed by atoms with Crippen LogP contribution in [0.2, 0.25) is 0 Å². The van der Waals surface area contributed by atoms with Gasteiger partial charge in [0.1, 0.15) is 6.04 Å². The van der Waals surface area contributed by atoms with Gasteiger partial charge in [0.2, 0.25) is 5.91 Å². The number of amides is 1. The normalized spacial score (nSPS) is 17.4. The Hall–Kier alpha value is -0.780. The molecule has 18 heavy (non-hydrogen) atoms. The van der Waals surface area contributed by atoms with Crippen molar-refractivity contribution in [1.82, 2.24) is 5.32 Å². The van der Waals surface area contributed by atoms with E-state index in [-0.39, 0.29) is 11.9 Å². The Bertz CT molecular complexity index is 399. The first-order chi connectivity index (χ1) is 8.65. The molecule has 0 spiro atoms. The number of anilines is 1. The summed E-state index contributed by atoms with van der Waals surface area (Å²) in [7, 11) is 0. The summed E-state index contributed by atoms with van der Waals surface area (Å²) in [4.78, 5) is 12.0. The summed E-state index contributed by atoms with van der Waals surface area (Å²) in [5.74, 6) is 0.0976. The highest BCUT2D eigenvalue weighted by Crippen LogP contribution is 2.18. The van der Waals surface area contributed by atoms with Gasteiger partial charge in [0.05, 0.1) is 0 Å². The number of carbonyl (C=O) groups is 1. The molecule has 98 valence electrons. The molecule has 0 radical (unpaired) electrons. The lowest BCUT2D eigenvalue weighted by Crippen LogP contribution is -2.42. The summed E-state index contributed by atoms with van der Waals surface area (Å²) < 4.78 is 1.20. The molecular weight excluding hydrogens is 339 g/mol. The molecule has 1 atom stereocenters. The largest absolute Gasteiger partial charge is 0.374 e. The summed E-state index contributed by atoms with van der Waals surface area (Å²) >= 11 is 2.27. The van der Waals surface area contributed by atoms with Crippen LogP contribution in [0.25, 0.3) is 0 Å². The first kappa shape index (κ1) is 13.6. The fourth-order valence-electron chi connectivity index (χ4n) is 2.26. The van der Waals surface area contributed by atoms with Gasteiger partial charge in [-0.25, -0.2) is 0 Å². The third kappa shape index (κ3) is 3.86. The molecule has 0 aromatic heterocycles. The minimum Gasteiger partial charge on any atom is -0.374 e. The quantitative estimate of drug-likeness (QED) is 0.812. The summed E-state index contributed by atoms with van der Waals surface area (Å²) in [6, 6.07) is 8.26. The SMILES string of the molecule is C[C@@H](Nc1ccc(I)cc1)C(=O)NC1CCCC1. The maximum absolute atomic E-state index is 12.0. The summed E-state index contributed by atoms with van der Waals surface area (Å²) in [5.41, 5.74) is 0.990. The van der Waals surface area contributed by atoms with E-state index in [1.807, 2.05) is 31.2 Å². The van der Waals surface area contributed by atoms with E-state index in [2.05, 4.69) is 33.2 Å². The fraction of sp³-hybridized carbons (Fsp3) is 0.500. The molecule has 0 aliphatic heterocycles. The molecule has 1 amide bonds. The highest BCUT2D eigenvalue weighted by molar-refractivity contribution is 14.1. The van der Waals surface area contributed by atoms with Crippen LogP contribution in [0, 0.1) is 3.57 Å². The first-order valence-corrected chi connectivity index (χ1v) is 7.55. The Kier molecular flexibility index (Phi) is 4.86. The molecule has 0 unspecified atom stereocenters. The Balaban J connectivity index is 1.84. The van der Waals surface area contributed by atoms with Gasteiger partial charge in [-0.05, 0) is 66.6 Å². The molecule has 1 saturated carbocycles. The smallest absolute Gasteiger partial charge is 0.242 e. The summed E-state index contributed by atoms with van der Waals surface area (Å²) in [5, 5.41) is 6.33. The number of hydrogen-bond acceptors (Lipinski definition) is 2. The van der Waals surface area contributed by atoms with E-state index in [0.717, 1.165) is 18.5 Å². The monoisotopic (exact) mass is 358 g/mol. The van der Waals surface area contributed by atoms with Crippen LogP contribution in [0.3, 0.4) is 0 Å². The molecule has 0 heterocycles. The van der Waals surface area contributed by atoms with Crippen molar-refractivity contribution in [2.75, 3.05) is 5.32 Å². The van der Waals surface area contributed by atoms with E-state index in [1.165, 1.54) is 16.4 Å². The fourth-order valence-corrected chi connectivity index (χ4v) is 2.62. The van der Waals surface area contributed by atoms with Crippen LogP contribution >= 0.6 is 22.6 Å². The van der Waals surface area contributed by atoms with Crippen molar-refractivity contribution in [2.24, 2.45) is 0 Å². The van der Waals surface area contributed by atoms with Crippen molar-refractivity contribution in [2.45, 2.75) is 44.7 Å². The Labute approximate surface area is 122 Å². The molecule has 1 fully saturated rings. The van der Waals surface area contributed by atoms with Crippen LogP contribution in [0.4, 0.5) is 5.69 Å². The van der Waals surface area contributed by atoms with Gasteiger partial charge in [-0.15, -0.1) is 0 Å². The molecule has 0 bridgehead atoms. The van der Waals surface area contributed by atoms with E-state index in [9.17, 15) is 4.79 Å². The zero-order valence-electron chi connectivity index (χ0n) is 10.6. The van der Waals surface area contributed by atoms with E-state index in [0.29, 0.717) is 6.04 Å². The van der Waals surface area contributed by atoms with Crippen LogP contribution in [-0.4, -0.2) is 18.0 Å². The van der Waals surface area contributed by atoms with Crippen LogP contribution in [0.1, 0.15) is 32.6 Å². The average molecular weight is 358 g/mol. The molecule has 1 aromatic rings. The van der Waals surface area contributed by atoms with Gasteiger partial charge >= 0.3 is 0 Å².